The Morgan fingerprint density at radius 2 is 0.677 bits per heavy atom. The summed E-state index contributed by atoms with van der Waals surface area (Å²) in [5.41, 5.74) is 16.7. The molecule has 0 aliphatic carbocycles. The van der Waals surface area contributed by atoms with Gasteiger partial charge in [0.1, 0.15) is 0 Å². The van der Waals surface area contributed by atoms with Crippen molar-refractivity contribution in [3.63, 3.8) is 0 Å². The molecule has 0 amide bonds. The first-order valence-corrected chi connectivity index (χ1v) is 8.32. The molecule has 0 saturated carbocycles. The van der Waals surface area contributed by atoms with Crippen LogP contribution in [0.15, 0.2) is 72.8 Å². The third-order valence-corrected chi connectivity index (χ3v) is 3.54. The number of carbonyl (C=O) groups excluding carboxylic acids is 3. The van der Waals surface area contributed by atoms with E-state index in [1.807, 2.05) is 0 Å². The third-order valence-electron chi connectivity index (χ3n) is 3.54. The van der Waals surface area contributed by atoms with Gasteiger partial charge in [0.15, 0.2) is 0 Å². The minimum absolute atomic E-state index is 0. The molecule has 0 unspecified atom stereocenters. The van der Waals surface area contributed by atoms with Gasteiger partial charge in [-0.3, -0.25) is 0 Å². The van der Waals surface area contributed by atoms with Crippen molar-refractivity contribution in [1.29, 1.82) is 0 Å². The Bertz CT molecular complexity index is 911. The van der Waals surface area contributed by atoms with E-state index in [9.17, 15) is 29.7 Å². The Labute approximate surface area is 188 Å². The summed E-state index contributed by atoms with van der Waals surface area (Å²) in [6, 6.07) is 18.6. The maximum atomic E-state index is 10.2. The molecular weight excluding hydrogens is 442 g/mol. The first-order chi connectivity index (χ1) is 14.1. The average Bonchev–Trinajstić information content (AvgIpc) is 2.69. The van der Waals surface area contributed by atoms with Crippen LogP contribution in [0.25, 0.3) is 0 Å². The van der Waals surface area contributed by atoms with Crippen LogP contribution in [-0.2, 0) is 17.4 Å². The number of carbonyl (C=O) groups is 3. The van der Waals surface area contributed by atoms with E-state index in [0.29, 0.717) is 0 Å². The molecule has 0 heterocycles. The molecule has 0 atom stereocenters. The van der Waals surface area contributed by atoms with Crippen molar-refractivity contribution in [2.24, 2.45) is 0 Å². The summed E-state index contributed by atoms with van der Waals surface area (Å²) in [6.45, 7) is 0. The topological polar surface area (TPSA) is 198 Å². The molecule has 10 heteroatoms. The van der Waals surface area contributed by atoms with Crippen LogP contribution in [0, 0.1) is 0 Å². The van der Waals surface area contributed by atoms with Gasteiger partial charge in [0.2, 0.25) is 0 Å². The SMILES string of the molecule is Nc1ccccc1C(=O)[O-].Nc1ccccc1C(=O)[O-].Nc1ccccc1C(=O)[O-].[Cr+3]. The number of aromatic carboxylic acids is 3. The van der Waals surface area contributed by atoms with Gasteiger partial charge in [0, 0.05) is 33.8 Å². The van der Waals surface area contributed by atoms with E-state index < -0.39 is 17.9 Å². The summed E-state index contributed by atoms with van der Waals surface area (Å²) in [6.07, 6.45) is 0. The van der Waals surface area contributed by atoms with Crippen molar-refractivity contribution in [3.05, 3.63) is 89.5 Å². The van der Waals surface area contributed by atoms with E-state index >= 15 is 0 Å². The van der Waals surface area contributed by atoms with E-state index in [1.165, 1.54) is 36.4 Å². The van der Waals surface area contributed by atoms with Crippen LogP contribution in [-0.4, -0.2) is 17.9 Å². The molecule has 9 nitrogen and oxygen atoms in total. The molecule has 3 rings (SSSR count). The third kappa shape index (κ3) is 8.91. The molecule has 0 saturated heterocycles. The average molecular weight is 460 g/mol. The molecule has 0 aromatic heterocycles. The zero-order valence-electron chi connectivity index (χ0n) is 16.0. The van der Waals surface area contributed by atoms with E-state index in [4.69, 9.17) is 17.2 Å². The summed E-state index contributed by atoms with van der Waals surface area (Å²) in [5.74, 6) is -3.71. The maximum absolute atomic E-state index is 10.2. The van der Waals surface area contributed by atoms with Gasteiger partial charge in [-0.15, -0.1) is 0 Å². The van der Waals surface area contributed by atoms with Crippen molar-refractivity contribution in [2.45, 2.75) is 0 Å². The van der Waals surface area contributed by atoms with Crippen LogP contribution in [0.2, 0.25) is 0 Å². The standard InChI is InChI=1S/3C7H7NO2.Cr/c3*8-6-4-2-1-3-5(6)7(9)10;/h3*1-4H,8H2,(H,9,10);/q;;;+3/p-3. The van der Waals surface area contributed by atoms with Crippen molar-refractivity contribution in [2.75, 3.05) is 17.2 Å². The van der Waals surface area contributed by atoms with Crippen molar-refractivity contribution in [1.82, 2.24) is 0 Å². The van der Waals surface area contributed by atoms with Crippen molar-refractivity contribution in [3.8, 4) is 0 Å². The number of rotatable bonds is 3. The minimum atomic E-state index is -1.24. The van der Waals surface area contributed by atoms with Gasteiger partial charge in [-0.05, 0) is 18.2 Å². The largest absolute Gasteiger partial charge is 3.00 e. The molecule has 0 bridgehead atoms. The Morgan fingerprint density at radius 1 is 0.484 bits per heavy atom. The monoisotopic (exact) mass is 460 g/mol. The van der Waals surface area contributed by atoms with Gasteiger partial charge in [-0.1, -0.05) is 54.6 Å². The maximum Gasteiger partial charge on any atom is 3.00 e. The quantitative estimate of drug-likeness (QED) is 0.406. The summed E-state index contributed by atoms with van der Waals surface area (Å²) in [7, 11) is 0. The van der Waals surface area contributed by atoms with Gasteiger partial charge in [-0.25, -0.2) is 0 Å². The van der Waals surface area contributed by atoms with Crippen LogP contribution < -0.4 is 32.5 Å². The van der Waals surface area contributed by atoms with Crippen LogP contribution in [0.1, 0.15) is 31.1 Å². The number of hydrogen-bond acceptors (Lipinski definition) is 9. The van der Waals surface area contributed by atoms with Crippen LogP contribution in [0.5, 0.6) is 0 Å². The summed E-state index contributed by atoms with van der Waals surface area (Å²) in [5, 5.41) is 30.7. The molecule has 3 aromatic carbocycles. The van der Waals surface area contributed by atoms with Crippen LogP contribution >= 0.6 is 0 Å². The van der Waals surface area contributed by atoms with Crippen molar-refractivity contribution >= 4 is 35.0 Å². The van der Waals surface area contributed by atoms with E-state index in [0.717, 1.165) is 0 Å². The van der Waals surface area contributed by atoms with Gasteiger partial charge in [0.05, 0.1) is 17.9 Å². The number of para-hydroxylation sites is 3. The predicted molar refractivity (Wildman–Crippen MR) is 106 cm³/mol. The first-order valence-electron chi connectivity index (χ1n) is 8.32. The van der Waals surface area contributed by atoms with E-state index in [1.54, 1.807) is 36.4 Å². The number of benzene rings is 3. The fourth-order valence-corrected chi connectivity index (χ4v) is 2.05. The number of nitrogens with two attached hydrogens (primary N) is 3. The van der Waals surface area contributed by atoms with Gasteiger partial charge in [0.25, 0.3) is 0 Å². The summed E-state index contributed by atoms with van der Waals surface area (Å²) in [4.78, 5) is 30.7. The Kier molecular flexibility index (Phi) is 11.6. The molecule has 31 heavy (non-hydrogen) atoms. The Balaban J connectivity index is 0.000000429. The van der Waals surface area contributed by atoms with Gasteiger partial charge >= 0.3 is 17.4 Å². The number of carboxylic acids is 3. The second-order valence-corrected chi connectivity index (χ2v) is 5.62. The van der Waals surface area contributed by atoms with Crippen molar-refractivity contribution < 1.29 is 47.1 Å². The fraction of sp³-hybridized carbons (Fsp3) is 0. The smallest absolute Gasteiger partial charge is 0.545 e. The molecule has 0 aliphatic heterocycles. The number of carboxylic acid groups (broad SMARTS) is 3. The number of hydrogen-bond donors (Lipinski definition) is 3. The molecule has 6 N–H and O–H groups in total. The summed E-state index contributed by atoms with van der Waals surface area (Å²) >= 11 is 0. The predicted octanol–water partition coefficient (Wildman–Crippen LogP) is -1.11. The Hall–Kier alpha value is -4.00. The minimum Gasteiger partial charge on any atom is -0.545 e. The second-order valence-electron chi connectivity index (χ2n) is 5.62. The van der Waals surface area contributed by atoms with Crippen LogP contribution in [0.3, 0.4) is 0 Å². The van der Waals surface area contributed by atoms with E-state index in [-0.39, 0.29) is 51.1 Å². The molecule has 159 valence electrons. The summed E-state index contributed by atoms with van der Waals surface area (Å²) < 4.78 is 0. The Morgan fingerprint density at radius 3 is 0.806 bits per heavy atom. The zero-order chi connectivity index (χ0) is 22.7. The molecule has 0 spiro atoms. The first kappa shape index (κ1) is 27.0. The van der Waals surface area contributed by atoms with Gasteiger partial charge in [-0.2, -0.15) is 0 Å². The molecule has 0 fully saturated rings. The zero-order valence-corrected chi connectivity index (χ0v) is 17.3. The second kappa shape index (κ2) is 13.3. The normalized spacial score (nSPS) is 8.90. The number of nitrogen functional groups attached to an aromatic ring is 3. The fourth-order valence-electron chi connectivity index (χ4n) is 2.05. The number of anilines is 3. The molecule has 0 aliphatic rings. The van der Waals surface area contributed by atoms with Crippen LogP contribution in [0.4, 0.5) is 17.1 Å². The molecule has 1 radical (unpaired) electrons. The van der Waals surface area contributed by atoms with Gasteiger partial charge < -0.3 is 46.9 Å². The molecular formula is C21H18CrN3O6. The van der Waals surface area contributed by atoms with E-state index in [2.05, 4.69) is 0 Å². The molecule has 3 aromatic rings.